The molecule has 0 amide bonds. The van der Waals surface area contributed by atoms with Gasteiger partial charge in [-0.25, -0.2) is 0 Å². The van der Waals surface area contributed by atoms with Gasteiger partial charge in [0.05, 0.1) is 13.2 Å². The summed E-state index contributed by atoms with van der Waals surface area (Å²) in [5.41, 5.74) is 2.73. The Morgan fingerprint density at radius 3 is 2.75 bits per heavy atom. The van der Waals surface area contributed by atoms with E-state index in [1.165, 1.54) is 37.1 Å². The highest BCUT2D eigenvalue weighted by atomic mass is 15.3. The van der Waals surface area contributed by atoms with Crippen molar-refractivity contribution < 1.29 is 0 Å². The minimum absolute atomic E-state index is 1.06. The van der Waals surface area contributed by atoms with Crippen LogP contribution in [-0.4, -0.2) is 36.1 Å². The molecule has 16 heavy (non-hydrogen) atoms. The molecular formula is C14H18N2. The average Bonchev–Trinajstić information content (AvgIpc) is 2.82. The summed E-state index contributed by atoms with van der Waals surface area (Å²) in [5.74, 6) is 0. The molecule has 0 bridgehead atoms. The first kappa shape index (κ1) is 10.3. The molecule has 2 radical (unpaired) electrons. The van der Waals surface area contributed by atoms with Gasteiger partial charge < -0.3 is 0 Å². The van der Waals surface area contributed by atoms with Crippen molar-refractivity contribution in [2.45, 2.75) is 19.3 Å². The lowest BCUT2D eigenvalue weighted by molar-refractivity contribution is 0.185. The van der Waals surface area contributed by atoms with Crippen LogP contribution in [0.4, 0.5) is 0 Å². The van der Waals surface area contributed by atoms with Gasteiger partial charge in [-0.15, -0.1) is 0 Å². The van der Waals surface area contributed by atoms with Crippen molar-refractivity contribution in [3.05, 3.63) is 41.9 Å². The number of rotatable bonds is 2. The summed E-state index contributed by atoms with van der Waals surface area (Å²) in [7, 11) is 0. The second-order valence-electron chi connectivity index (χ2n) is 4.75. The molecule has 2 aliphatic heterocycles. The van der Waals surface area contributed by atoms with Crippen LogP contribution >= 0.6 is 0 Å². The fourth-order valence-electron chi connectivity index (χ4n) is 2.60. The van der Waals surface area contributed by atoms with Crippen LogP contribution in [0.3, 0.4) is 0 Å². The van der Waals surface area contributed by atoms with Crippen molar-refractivity contribution in [1.82, 2.24) is 9.80 Å². The minimum Gasteiger partial charge on any atom is -0.290 e. The van der Waals surface area contributed by atoms with Crippen molar-refractivity contribution in [2.75, 3.05) is 26.3 Å². The first-order valence-corrected chi connectivity index (χ1v) is 6.24. The molecular weight excluding hydrogens is 196 g/mol. The predicted molar refractivity (Wildman–Crippen MR) is 64.9 cm³/mol. The van der Waals surface area contributed by atoms with Crippen molar-refractivity contribution >= 4 is 0 Å². The van der Waals surface area contributed by atoms with Gasteiger partial charge in [0.1, 0.15) is 0 Å². The van der Waals surface area contributed by atoms with Crippen LogP contribution in [-0.2, 0) is 6.42 Å². The molecule has 2 aliphatic rings. The SMILES string of the molecule is [C]1c2ccccc2CCN1CN1CCCC1. The third-order valence-electron chi connectivity index (χ3n) is 3.52. The second-order valence-corrected chi connectivity index (χ2v) is 4.75. The summed E-state index contributed by atoms with van der Waals surface area (Å²) in [6, 6.07) is 8.61. The number of nitrogens with zero attached hydrogens (tertiary/aromatic N) is 2. The van der Waals surface area contributed by atoms with Gasteiger partial charge in [0, 0.05) is 6.54 Å². The Bertz CT molecular complexity index is 356. The van der Waals surface area contributed by atoms with Gasteiger partial charge in [-0.3, -0.25) is 9.80 Å². The summed E-state index contributed by atoms with van der Waals surface area (Å²) >= 11 is 0. The Balaban J connectivity index is 1.63. The molecule has 0 atom stereocenters. The molecule has 2 heteroatoms. The van der Waals surface area contributed by atoms with E-state index in [1.807, 2.05) is 0 Å². The maximum atomic E-state index is 3.52. The molecule has 2 heterocycles. The predicted octanol–water partition coefficient (Wildman–Crippen LogP) is 1.98. The second kappa shape index (κ2) is 4.56. The van der Waals surface area contributed by atoms with Gasteiger partial charge in [-0.05, 0) is 43.5 Å². The van der Waals surface area contributed by atoms with E-state index in [9.17, 15) is 0 Å². The molecule has 3 rings (SSSR count). The lowest BCUT2D eigenvalue weighted by Crippen LogP contribution is -2.38. The Morgan fingerprint density at radius 1 is 1.06 bits per heavy atom. The summed E-state index contributed by atoms with van der Waals surface area (Å²) in [5, 5.41) is 0. The molecule has 1 saturated heterocycles. The zero-order valence-electron chi connectivity index (χ0n) is 9.65. The summed E-state index contributed by atoms with van der Waals surface area (Å²) in [6.07, 6.45) is 3.89. The van der Waals surface area contributed by atoms with E-state index in [-0.39, 0.29) is 0 Å². The topological polar surface area (TPSA) is 6.48 Å². The minimum atomic E-state index is 1.06. The van der Waals surface area contributed by atoms with Crippen LogP contribution in [0, 0.1) is 6.54 Å². The zero-order chi connectivity index (χ0) is 10.8. The Kier molecular flexibility index (Phi) is 2.94. The van der Waals surface area contributed by atoms with E-state index in [0.717, 1.165) is 19.6 Å². The van der Waals surface area contributed by atoms with Crippen LogP contribution in [0.15, 0.2) is 24.3 Å². The first-order valence-electron chi connectivity index (χ1n) is 6.24. The fourth-order valence-corrected chi connectivity index (χ4v) is 2.60. The molecule has 0 spiro atoms. The highest BCUT2D eigenvalue weighted by Gasteiger charge is 2.20. The molecule has 0 aliphatic carbocycles. The van der Waals surface area contributed by atoms with E-state index in [2.05, 4.69) is 40.6 Å². The maximum absolute atomic E-state index is 3.52. The molecule has 1 aromatic carbocycles. The highest BCUT2D eigenvalue weighted by molar-refractivity contribution is 5.34. The van der Waals surface area contributed by atoms with Gasteiger partial charge >= 0.3 is 0 Å². The molecule has 0 saturated carbocycles. The number of likely N-dealkylation sites (tertiary alicyclic amines) is 1. The van der Waals surface area contributed by atoms with Crippen LogP contribution < -0.4 is 0 Å². The van der Waals surface area contributed by atoms with Crippen LogP contribution in [0.1, 0.15) is 24.0 Å². The number of hydrogen-bond donors (Lipinski definition) is 0. The monoisotopic (exact) mass is 214 g/mol. The smallest absolute Gasteiger partial charge is 0.0977 e. The largest absolute Gasteiger partial charge is 0.290 e. The Labute approximate surface area is 97.9 Å². The molecule has 0 aromatic heterocycles. The Morgan fingerprint density at radius 2 is 1.88 bits per heavy atom. The third-order valence-corrected chi connectivity index (χ3v) is 3.52. The van der Waals surface area contributed by atoms with Crippen molar-refractivity contribution in [3.8, 4) is 0 Å². The first-order chi connectivity index (χ1) is 7.92. The van der Waals surface area contributed by atoms with Crippen LogP contribution in [0.25, 0.3) is 0 Å². The van der Waals surface area contributed by atoms with Gasteiger partial charge in [0.2, 0.25) is 0 Å². The fraction of sp³-hybridized carbons (Fsp3) is 0.500. The summed E-state index contributed by atoms with van der Waals surface area (Å²) in [4.78, 5) is 4.87. The van der Waals surface area contributed by atoms with E-state index < -0.39 is 0 Å². The van der Waals surface area contributed by atoms with Crippen molar-refractivity contribution in [3.63, 3.8) is 0 Å². The number of benzene rings is 1. The molecule has 0 N–H and O–H groups in total. The molecule has 1 aromatic rings. The summed E-state index contributed by atoms with van der Waals surface area (Å²) < 4.78 is 0. The van der Waals surface area contributed by atoms with Crippen LogP contribution in [0.5, 0.6) is 0 Å². The number of fused-ring (bicyclic) bond motifs is 1. The van der Waals surface area contributed by atoms with E-state index in [0.29, 0.717) is 0 Å². The molecule has 2 nitrogen and oxygen atoms in total. The lowest BCUT2D eigenvalue weighted by Gasteiger charge is -2.30. The standard InChI is InChI=1S/C14H18N2/c1-2-6-14-11-16(10-7-13(14)5-1)12-15-8-3-4-9-15/h1-2,5-6H,3-4,7-10,12H2. The van der Waals surface area contributed by atoms with Gasteiger partial charge in [-0.2, -0.15) is 0 Å². The third kappa shape index (κ3) is 2.13. The van der Waals surface area contributed by atoms with Crippen LogP contribution in [0.2, 0.25) is 0 Å². The van der Waals surface area contributed by atoms with Crippen molar-refractivity contribution in [2.24, 2.45) is 0 Å². The maximum Gasteiger partial charge on any atom is 0.0977 e. The van der Waals surface area contributed by atoms with Crippen molar-refractivity contribution in [1.29, 1.82) is 0 Å². The quantitative estimate of drug-likeness (QED) is 0.743. The van der Waals surface area contributed by atoms with E-state index in [1.54, 1.807) is 0 Å². The molecule has 84 valence electrons. The van der Waals surface area contributed by atoms with Gasteiger partial charge in [0.15, 0.2) is 0 Å². The summed E-state index contributed by atoms with van der Waals surface area (Å²) in [6.45, 7) is 8.23. The molecule has 1 fully saturated rings. The normalized spacial score (nSPS) is 22.2. The lowest BCUT2D eigenvalue weighted by atomic mass is 10.0. The number of hydrogen-bond acceptors (Lipinski definition) is 2. The average molecular weight is 214 g/mol. The van der Waals surface area contributed by atoms with Gasteiger partial charge in [-0.1, -0.05) is 24.3 Å². The molecule has 0 unspecified atom stereocenters. The highest BCUT2D eigenvalue weighted by Crippen LogP contribution is 2.21. The Hall–Kier alpha value is -0.860. The van der Waals surface area contributed by atoms with E-state index in [4.69, 9.17) is 0 Å². The zero-order valence-corrected chi connectivity index (χ0v) is 9.65. The van der Waals surface area contributed by atoms with Gasteiger partial charge in [0.25, 0.3) is 0 Å². The van der Waals surface area contributed by atoms with E-state index >= 15 is 0 Å².